The summed E-state index contributed by atoms with van der Waals surface area (Å²) in [4.78, 5) is 0.133. The normalized spacial score (nSPS) is 25.8. The Morgan fingerprint density at radius 3 is 2.83 bits per heavy atom. The second-order valence-corrected chi connectivity index (χ2v) is 8.66. The van der Waals surface area contributed by atoms with Crippen molar-refractivity contribution in [2.75, 3.05) is 26.7 Å². The van der Waals surface area contributed by atoms with Crippen LogP contribution in [0.4, 0.5) is 0 Å². The summed E-state index contributed by atoms with van der Waals surface area (Å²) < 4.78 is 34.1. The van der Waals surface area contributed by atoms with Crippen LogP contribution in [0.15, 0.2) is 27.6 Å². The van der Waals surface area contributed by atoms with E-state index in [2.05, 4.69) is 21.2 Å². The van der Waals surface area contributed by atoms with Gasteiger partial charge >= 0.3 is 0 Å². The topological polar surface area (TPSA) is 78.9 Å². The summed E-state index contributed by atoms with van der Waals surface area (Å²) in [6, 6.07) is 4.40. The largest absolute Gasteiger partial charge is 0.487 e. The molecule has 0 spiro atoms. The quantitative estimate of drug-likeness (QED) is 0.790. The van der Waals surface area contributed by atoms with E-state index in [4.69, 9.17) is 4.74 Å². The first-order valence-corrected chi connectivity index (χ1v) is 9.78. The van der Waals surface area contributed by atoms with Gasteiger partial charge in [-0.3, -0.25) is 0 Å². The molecule has 3 atom stereocenters. The van der Waals surface area contributed by atoms with Gasteiger partial charge in [-0.2, -0.15) is 4.31 Å². The molecule has 130 valence electrons. The average molecular weight is 407 g/mol. The molecule has 0 fully saturated rings. The smallest absolute Gasteiger partial charge is 0.247 e. The number of nitrogens with one attached hydrogen (secondary N) is 1. The van der Waals surface area contributed by atoms with Crippen LogP contribution >= 0.6 is 15.9 Å². The fraction of sp³-hybridized carbons (Fsp3) is 0.600. The molecule has 0 saturated carbocycles. The van der Waals surface area contributed by atoms with E-state index < -0.39 is 16.1 Å². The van der Waals surface area contributed by atoms with Gasteiger partial charge in [0.2, 0.25) is 10.0 Å². The van der Waals surface area contributed by atoms with E-state index in [0.717, 1.165) is 4.47 Å². The lowest BCUT2D eigenvalue weighted by Gasteiger charge is -2.36. The summed E-state index contributed by atoms with van der Waals surface area (Å²) >= 11 is 3.36. The zero-order valence-corrected chi connectivity index (χ0v) is 15.9. The average Bonchev–Trinajstić information content (AvgIpc) is 2.50. The Bertz CT molecular complexity index is 653. The van der Waals surface area contributed by atoms with Crippen molar-refractivity contribution in [2.45, 2.75) is 30.9 Å². The van der Waals surface area contributed by atoms with Crippen molar-refractivity contribution in [3.8, 4) is 5.75 Å². The summed E-state index contributed by atoms with van der Waals surface area (Å²) in [6.07, 6.45) is -0.169. The molecule has 0 radical (unpaired) electrons. The first-order chi connectivity index (χ1) is 10.8. The van der Waals surface area contributed by atoms with Gasteiger partial charge in [-0.05, 0) is 32.2 Å². The molecule has 0 amide bonds. The van der Waals surface area contributed by atoms with Crippen LogP contribution < -0.4 is 10.1 Å². The molecular formula is C15H23BrN2O4S. The minimum Gasteiger partial charge on any atom is -0.487 e. The number of rotatable bonds is 4. The number of aliphatic hydroxyl groups excluding tert-OH is 1. The highest BCUT2D eigenvalue weighted by molar-refractivity contribution is 9.10. The van der Waals surface area contributed by atoms with E-state index in [9.17, 15) is 13.5 Å². The van der Waals surface area contributed by atoms with Crippen LogP contribution in [0.1, 0.15) is 13.8 Å². The Morgan fingerprint density at radius 2 is 2.22 bits per heavy atom. The summed E-state index contributed by atoms with van der Waals surface area (Å²) in [5, 5.41) is 12.6. The zero-order valence-electron chi connectivity index (χ0n) is 13.5. The number of aliphatic hydroxyl groups is 1. The van der Waals surface area contributed by atoms with E-state index in [1.807, 2.05) is 14.0 Å². The van der Waals surface area contributed by atoms with Crippen molar-refractivity contribution in [3.05, 3.63) is 22.7 Å². The lowest BCUT2D eigenvalue weighted by atomic mass is 10.0. The van der Waals surface area contributed by atoms with Gasteiger partial charge in [0.05, 0.1) is 6.61 Å². The Balaban J connectivity index is 2.58. The Labute approximate surface area is 146 Å². The van der Waals surface area contributed by atoms with Crippen molar-refractivity contribution in [2.24, 2.45) is 5.92 Å². The number of sulfonamides is 1. The van der Waals surface area contributed by atoms with Gasteiger partial charge in [0.25, 0.3) is 0 Å². The first kappa shape index (κ1) is 18.7. The van der Waals surface area contributed by atoms with Crippen LogP contribution in [-0.4, -0.2) is 56.7 Å². The monoisotopic (exact) mass is 406 g/mol. The molecule has 0 aromatic heterocycles. The Hall–Kier alpha value is -0.670. The van der Waals surface area contributed by atoms with Crippen molar-refractivity contribution < 1.29 is 18.3 Å². The molecule has 1 aliphatic rings. The standard InChI is InChI=1S/C15H23BrN2O4S/c1-10-8-18(11(2)9-19)23(20,21)15-5-4-12(16)6-13(15)22-14(10)7-17-3/h4-6,10-11,14,17,19H,7-9H2,1-3H3/t10-,11+,14+/m0/s1. The third-order valence-corrected chi connectivity index (χ3v) is 6.55. The maximum Gasteiger partial charge on any atom is 0.247 e. The number of hydrogen-bond donors (Lipinski definition) is 2. The number of likely N-dealkylation sites (N-methyl/N-ethyl adjacent to an activating group) is 1. The van der Waals surface area contributed by atoms with Gasteiger partial charge in [-0.15, -0.1) is 0 Å². The summed E-state index contributed by atoms with van der Waals surface area (Å²) in [7, 11) is -1.90. The van der Waals surface area contributed by atoms with Gasteiger partial charge < -0.3 is 15.2 Å². The number of benzene rings is 1. The van der Waals surface area contributed by atoms with Crippen LogP contribution in [-0.2, 0) is 10.0 Å². The molecular weight excluding hydrogens is 384 g/mol. The minimum atomic E-state index is -3.73. The highest BCUT2D eigenvalue weighted by Crippen LogP contribution is 2.34. The highest BCUT2D eigenvalue weighted by Gasteiger charge is 2.37. The summed E-state index contributed by atoms with van der Waals surface area (Å²) in [5.41, 5.74) is 0. The molecule has 8 heteroatoms. The maximum absolute atomic E-state index is 13.0. The summed E-state index contributed by atoms with van der Waals surface area (Å²) in [6.45, 7) is 4.34. The second kappa shape index (κ2) is 7.48. The van der Waals surface area contributed by atoms with Crippen molar-refractivity contribution >= 4 is 26.0 Å². The molecule has 0 unspecified atom stereocenters. The number of fused-ring (bicyclic) bond motifs is 1. The van der Waals surface area contributed by atoms with Gasteiger partial charge in [0.15, 0.2) is 0 Å². The molecule has 0 bridgehead atoms. The molecule has 2 rings (SSSR count). The van der Waals surface area contributed by atoms with Gasteiger partial charge in [0.1, 0.15) is 16.7 Å². The van der Waals surface area contributed by atoms with E-state index in [-0.39, 0.29) is 23.5 Å². The maximum atomic E-state index is 13.0. The lowest BCUT2D eigenvalue weighted by Crippen LogP contribution is -2.49. The molecule has 6 nitrogen and oxygen atoms in total. The molecule has 0 aliphatic carbocycles. The Morgan fingerprint density at radius 1 is 1.52 bits per heavy atom. The van der Waals surface area contributed by atoms with E-state index in [1.165, 1.54) is 10.4 Å². The van der Waals surface area contributed by atoms with E-state index >= 15 is 0 Å². The number of nitrogens with zero attached hydrogens (tertiary/aromatic N) is 1. The van der Waals surface area contributed by atoms with Gasteiger partial charge in [-0.25, -0.2) is 8.42 Å². The lowest BCUT2D eigenvalue weighted by molar-refractivity contribution is 0.103. The Kier molecular flexibility index (Phi) is 6.07. The van der Waals surface area contributed by atoms with Gasteiger partial charge in [-0.1, -0.05) is 22.9 Å². The fourth-order valence-corrected chi connectivity index (χ4v) is 4.81. The van der Waals surface area contributed by atoms with Crippen molar-refractivity contribution in [3.63, 3.8) is 0 Å². The third-order valence-electron chi connectivity index (χ3n) is 4.03. The highest BCUT2D eigenvalue weighted by atomic mass is 79.9. The SMILES string of the molecule is CNC[C@H]1Oc2cc(Br)ccc2S(=O)(=O)N([C@H](C)CO)C[C@@H]1C. The molecule has 1 aromatic carbocycles. The van der Waals surface area contributed by atoms with Crippen LogP contribution in [0.3, 0.4) is 0 Å². The molecule has 1 heterocycles. The predicted octanol–water partition coefficient (Wildman–Crippen LogP) is 1.44. The van der Waals surface area contributed by atoms with E-state index in [0.29, 0.717) is 18.8 Å². The molecule has 1 aliphatic heterocycles. The van der Waals surface area contributed by atoms with E-state index in [1.54, 1.807) is 19.1 Å². The van der Waals surface area contributed by atoms with Gasteiger partial charge in [0, 0.05) is 29.5 Å². The zero-order chi connectivity index (χ0) is 17.2. The van der Waals surface area contributed by atoms with Crippen LogP contribution in [0.25, 0.3) is 0 Å². The molecule has 0 saturated heterocycles. The molecule has 23 heavy (non-hydrogen) atoms. The van der Waals surface area contributed by atoms with Crippen LogP contribution in [0, 0.1) is 5.92 Å². The molecule has 2 N–H and O–H groups in total. The van der Waals surface area contributed by atoms with Crippen molar-refractivity contribution in [1.29, 1.82) is 0 Å². The first-order valence-electron chi connectivity index (χ1n) is 7.54. The summed E-state index contributed by atoms with van der Waals surface area (Å²) in [5.74, 6) is 0.305. The van der Waals surface area contributed by atoms with Crippen LogP contribution in [0.2, 0.25) is 0 Å². The predicted molar refractivity (Wildman–Crippen MR) is 92.1 cm³/mol. The fourth-order valence-electron chi connectivity index (χ4n) is 2.64. The van der Waals surface area contributed by atoms with Crippen LogP contribution in [0.5, 0.6) is 5.75 Å². The minimum absolute atomic E-state index is 0.0293. The van der Waals surface area contributed by atoms with Crippen molar-refractivity contribution in [1.82, 2.24) is 9.62 Å². The number of ether oxygens (including phenoxy) is 1. The second-order valence-electron chi connectivity index (χ2n) is 5.89. The number of hydrogen-bond acceptors (Lipinski definition) is 5. The molecule has 1 aromatic rings. The third kappa shape index (κ3) is 3.88. The number of halogens is 1.